The summed E-state index contributed by atoms with van der Waals surface area (Å²) in [7, 11) is 0. The number of aromatic nitrogens is 4. The molecule has 0 spiro atoms. The molecule has 104 valence electrons. The minimum atomic E-state index is -0.273. The zero-order chi connectivity index (χ0) is 14.7. The van der Waals surface area contributed by atoms with Gasteiger partial charge in [-0.1, -0.05) is 12.1 Å². The zero-order valence-electron chi connectivity index (χ0n) is 11.0. The van der Waals surface area contributed by atoms with E-state index in [9.17, 15) is 4.79 Å². The molecule has 1 aromatic carbocycles. The number of nitrogens with one attached hydrogen (secondary N) is 1. The topological polar surface area (TPSA) is 98.7 Å². The van der Waals surface area contributed by atoms with Crippen LogP contribution in [0, 0.1) is 0 Å². The molecule has 2 aromatic heterocycles. The van der Waals surface area contributed by atoms with E-state index in [0.717, 1.165) is 0 Å². The van der Waals surface area contributed by atoms with Crippen LogP contribution in [0.25, 0.3) is 5.82 Å². The summed E-state index contributed by atoms with van der Waals surface area (Å²) < 4.78 is 1.51. The fourth-order valence-corrected chi connectivity index (χ4v) is 1.79. The first-order chi connectivity index (χ1) is 10.2. The number of pyridine rings is 1. The summed E-state index contributed by atoms with van der Waals surface area (Å²) >= 11 is 0. The van der Waals surface area contributed by atoms with Gasteiger partial charge in [-0.25, -0.2) is 14.6 Å². The van der Waals surface area contributed by atoms with Crippen molar-refractivity contribution in [2.24, 2.45) is 0 Å². The van der Waals surface area contributed by atoms with Gasteiger partial charge in [0.1, 0.15) is 12.7 Å². The molecule has 0 aliphatic heterocycles. The molecule has 0 bridgehead atoms. The summed E-state index contributed by atoms with van der Waals surface area (Å²) in [5.41, 5.74) is 7.30. The summed E-state index contributed by atoms with van der Waals surface area (Å²) in [4.78, 5) is 20.1. The van der Waals surface area contributed by atoms with Crippen molar-refractivity contribution in [3.05, 3.63) is 60.8 Å². The third-order valence-electron chi connectivity index (χ3n) is 2.87. The predicted molar refractivity (Wildman–Crippen MR) is 78.0 cm³/mol. The summed E-state index contributed by atoms with van der Waals surface area (Å²) in [5, 5.41) is 6.71. The minimum Gasteiger partial charge on any atom is -0.397 e. The van der Waals surface area contributed by atoms with E-state index in [0.29, 0.717) is 22.8 Å². The predicted octanol–water partition coefficient (Wildman–Crippen LogP) is 1.50. The molecule has 2 heterocycles. The molecule has 0 aliphatic rings. The Kier molecular flexibility index (Phi) is 3.30. The lowest BCUT2D eigenvalue weighted by atomic mass is 10.2. The number of hydrogen-bond donors (Lipinski definition) is 2. The number of nitrogens with zero attached hydrogens (tertiary/aromatic N) is 4. The van der Waals surface area contributed by atoms with Crippen molar-refractivity contribution < 1.29 is 4.79 Å². The van der Waals surface area contributed by atoms with E-state index in [4.69, 9.17) is 5.73 Å². The van der Waals surface area contributed by atoms with Crippen LogP contribution in [0.4, 0.5) is 11.4 Å². The van der Waals surface area contributed by atoms with Crippen molar-refractivity contribution in [3.8, 4) is 5.82 Å². The number of anilines is 2. The highest BCUT2D eigenvalue weighted by atomic mass is 16.1. The van der Waals surface area contributed by atoms with Gasteiger partial charge in [0.15, 0.2) is 5.82 Å². The number of nitrogen functional groups attached to an aromatic ring is 1. The number of rotatable bonds is 3. The fourth-order valence-electron chi connectivity index (χ4n) is 1.79. The normalized spacial score (nSPS) is 10.3. The lowest BCUT2D eigenvalue weighted by molar-refractivity contribution is 0.102. The van der Waals surface area contributed by atoms with Gasteiger partial charge in [0, 0.05) is 6.20 Å². The molecule has 0 saturated heterocycles. The van der Waals surface area contributed by atoms with Gasteiger partial charge in [-0.15, -0.1) is 0 Å². The second kappa shape index (κ2) is 5.41. The van der Waals surface area contributed by atoms with E-state index in [1.54, 1.807) is 36.4 Å². The molecule has 3 N–H and O–H groups in total. The minimum absolute atomic E-state index is 0.273. The summed E-state index contributed by atoms with van der Waals surface area (Å²) in [6.45, 7) is 0. The third kappa shape index (κ3) is 2.71. The maximum absolute atomic E-state index is 12.1. The van der Waals surface area contributed by atoms with E-state index in [1.807, 2.05) is 0 Å². The monoisotopic (exact) mass is 280 g/mol. The number of para-hydroxylation sites is 2. The standard InChI is InChI=1S/C14H12N6O/c15-11-3-1-2-4-12(11)19-14(21)10-5-6-13(17-7-10)20-9-16-8-18-20/h1-9H,15H2,(H,19,21). The molecule has 0 saturated carbocycles. The first kappa shape index (κ1) is 12.8. The lowest BCUT2D eigenvalue weighted by Crippen LogP contribution is -2.13. The molecular formula is C14H12N6O. The Morgan fingerprint density at radius 3 is 2.71 bits per heavy atom. The molecule has 3 rings (SSSR count). The molecule has 0 aliphatic carbocycles. The Morgan fingerprint density at radius 2 is 2.05 bits per heavy atom. The SMILES string of the molecule is Nc1ccccc1NC(=O)c1ccc(-n2cncn2)nc1. The zero-order valence-corrected chi connectivity index (χ0v) is 11.0. The van der Waals surface area contributed by atoms with Crippen LogP contribution in [0.5, 0.6) is 0 Å². The second-order valence-corrected chi connectivity index (χ2v) is 4.29. The molecule has 0 unspecified atom stereocenters. The van der Waals surface area contributed by atoms with Crippen molar-refractivity contribution in [2.75, 3.05) is 11.1 Å². The van der Waals surface area contributed by atoms with Gasteiger partial charge in [0.25, 0.3) is 5.91 Å². The van der Waals surface area contributed by atoms with Gasteiger partial charge < -0.3 is 11.1 Å². The van der Waals surface area contributed by atoms with Crippen LogP contribution in [-0.4, -0.2) is 25.7 Å². The highest BCUT2D eigenvalue weighted by Gasteiger charge is 2.09. The van der Waals surface area contributed by atoms with E-state index in [1.165, 1.54) is 23.5 Å². The van der Waals surface area contributed by atoms with Gasteiger partial charge >= 0.3 is 0 Å². The van der Waals surface area contributed by atoms with Crippen molar-refractivity contribution in [3.63, 3.8) is 0 Å². The highest BCUT2D eigenvalue weighted by Crippen LogP contribution is 2.17. The van der Waals surface area contributed by atoms with Gasteiger partial charge in [0.05, 0.1) is 16.9 Å². The second-order valence-electron chi connectivity index (χ2n) is 4.29. The van der Waals surface area contributed by atoms with Crippen molar-refractivity contribution >= 4 is 17.3 Å². The number of hydrogen-bond acceptors (Lipinski definition) is 5. The number of carbonyl (C=O) groups excluding carboxylic acids is 1. The average molecular weight is 280 g/mol. The smallest absolute Gasteiger partial charge is 0.257 e. The first-order valence-electron chi connectivity index (χ1n) is 6.21. The summed E-state index contributed by atoms with van der Waals surface area (Å²) in [5.74, 6) is 0.314. The molecule has 7 nitrogen and oxygen atoms in total. The molecule has 0 atom stereocenters. The van der Waals surface area contributed by atoms with Crippen molar-refractivity contribution in [1.29, 1.82) is 0 Å². The van der Waals surface area contributed by atoms with E-state index >= 15 is 0 Å². The number of carbonyl (C=O) groups is 1. The van der Waals surface area contributed by atoms with Crippen molar-refractivity contribution in [2.45, 2.75) is 0 Å². The molecule has 0 radical (unpaired) electrons. The van der Waals surface area contributed by atoms with E-state index < -0.39 is 0 Å². The Hall–Kier alpha value is -3.22. The van der Waals surface area contributed by atoms with Crippen LogP contribution in [0.1, 0.15) is 10.4 Å². The Morgan fingerprint density at radius 1 is 1.19 bits per heavy atom. The van der Waals surface area contributed by atoms with Gasteiger partial charge in [-0.2, -0.15) is 5.10 Å². The van der Waals surface area contributed by atoms with E-state index in [2.05, 4.69) is 20.4 Å². The van der Waals surface area contributed by atoms with Gasteiger partial charge in [-0.3, -0.25) is 4.79 Å². The number of benzene rings is 1. The molecule has 7 heteroatoms. The van der Waals surface area contributed by atoms with Crippen LogP contribution in [-0.2, 0) is 0 Å². The lowest BCUT2D eigenvalue weighted by Gasteiger charge is -2.08. The van der Waals surface area contributed by atoms with Gasteiger partial charge in [0.2, 0.25) is 0 Å². The Bertz CT molecular complexity index is 751. The van der Waals surface area contributed by atoms with Crippen LogP contribution in [0.15, 0.2) is 55.2 Å². The quantitative estimate of drug-likeness (QED) is 0.708. The van der Waals surface area contributed by atoms with Crippen LogP contribution >= 0.6 is 0 Å². The molecule has 21 heavy (non-hydrogen) atoms. The maximum Gasteiger partial charge on any atom is 0.257 e. The molecule has 1 amide bonds. The largest absolute Gasteiger partial charge is 0.397 e. The molecule has 3 aromatic rings. The molecule has 0 fully saturated rings. The van der Waals surface area contributed by atoms with Gasteiger partial charge in [-0.05, 0) is 24.3 Å². The number of nitrogens with two attached hydrogens (primary N) is 1. The average Bonchev–Trinajstić information content (AvgIpc) is 3.04. The van der Waals surface area contributed by atoms with E-state index in [-0.39, 0.29) is 5.91 Å². The highest BCUT2D eigenvalue weighted by molar-refractivity contribution is 6.05. The number of amides is 1. The van der Waals surface area contributed by atoms with Crippen LogP contribution < -0.4 is 11.1 Å². The summed E-state index contributed by atoms with van der Waals surface area (Å²) in [6, 6.07) is 10.4. The maximum atomic E-state index is 12.1. The fraction of sp³-hybridized carbons (Fsp3) is 0. The summed E-state index contributed by atoms with van der Waals surface area (Å²) in [6.07, 6.45) is 4.43. The Labute approximate surface area is 120 Å². The Balaban J connectivity index is 1.78. The first-order valence-corrected chi connectivity index (χ1v) is 6.21. The van der Waals surface area contributed by atoms with Crippen molar-refractivity contribution in [1.82, 2.24) is 19.7 Å². The third-order valence-corrected chi connectivity index (χ3v) is 2.87. The van der Waals surface area contributed by atoms with Crippen LogP contribution in [0.2, 0.25) is 0 Å². The molecular weight excluding hydrogens is 268 g/mol. The van der Waals surface area contributed by atoms with Crippen LogP contribution in [0.3, 0.4) is 0 Å².